The molecule has 0 aliphatic carbocycles. The van der Waals surface area contributed by atoms with Crippen LogP contribution in [0.25, 0.3) is 10.2 Å². The van der Waals surface area contributed by atoms with Crippen molar-refractivity contribution >= 4 is 33.4 Å². The fourth-order valence-electron chi connectivity index (χ4n) is 3.41. The first-order chi connectivity index (χ1) is 11.7. The second kappa shape index (κ2) is 5.98. The van der Waals surface area contributed by atoms with Crippen molar-refractivity contribution in [2.45, 2.75) is 31.5 Å². The summed E-state index contributed by atoms with van der Waals surface area (Å²) < 4.78 is 43.5. The molecule has 5 nitrogen and oxygen atoms in total. The predicted molar refractivity (Wildman–Crippen MR) is 86.7 cm³/mol. The van der Waals surface area contributed by atoms with E-state index in [9.17, 15) is 22.8 Å². The van der Waals surface area contributed by atoms with Gasteiger partial charge < -0.3 is 10.6 Å². The molecule has 2 N–H and O–H groups in total. The van der Waals surface area contributed by atoms with Crippen LogP contribution in [0.1, 0.15) is 25.3 Å². The molecule has 134 valence electrons. The van der Waals surface area contributed by atoms with Crippen LogP contribution in [0.4, 0.5) is 13.2 Å². The first kappa shape index (κ1) is 17.7. The number of rotatable bonds is 1. The quantitative estimate of drug-likeness (QED) is 0.783. The van der Waals surface area contributed by atoms with Crippen molar-refractivity contribution in [1.29, 1.82) is 0 Å². The van der Waals surface area contributed by atoms with Crippen LogP contribution in [0.5, 0.6) is 0 Å². The van der Waals surface area contributed by atoms with Gasteiger partial charge in [-0.25, -0.2) is 4.98 Å². The van der Waals surface area contributed by atoms with E-state index >= 15 is 0 Å². The topological polar surface area (TPSA) is 76.3 Å². The highest BCUT2D eigenvalue weighted by Gasteiger charge is 2.62. The number of fused-ring (bicyclic) bond motifs is 1. The number of piperidine rings is 1. The van der Waals surface area contributed by atoms with Crippen molar-refractivity contribution in [2.24, 2.45) is 11.7 Å². The second-order valence-electron chi connectivity index (χ2n) is 6.32. The number of alkyl halides is 3. The fraction of sp³-hybridized carbons (Fsp3) is 0.438. The van der Waals surface area contributed by atoms with E-state index in [-0.39, 0.29) is 30.9 Å². The SMILES string of the molecule is C[C@H]1CC[C@@](c2ccc3scnc3c2)(C(F)(F)F)N(C(=O)C(N)=O)C1. The van der Waals surface area contributed by atoms with Crippen LogP contribution in [0.15, 0.2) is 23.7 Å². The number of primary amides is 1. The number of amides is 2. The Kier molecular flexibility index (Phi) is 4.22. The Bertz CT molecular complexity index is 835. The number of halogens is 3. The Morgan fingerprint density at radius 3 is 2.76 bits per heavy atom. The zero-order chi connectivity index (χ0) is 18.4. The van der Waals surface area contributed by atoms with Crippen LogP contribution in [-0.2, 0) is 15.1 Å². The Balaban J connectivity index is 2.23. The van der Waals surface area contributed by atoms with Gasteiger partial charge in [0.05, 0.1) is 15.7 Å². The molecule has 1 aliphatic rings. The molecule has 1 aliphatic heterocycles. The Morgan fingerprint density at radius 1 is 1.40 bits per heavy atom. The largest absolute Gasteiger partial charge is 0.415 e. The van der Waals surface area contributed by atoms with Crippen LogP contribution in [0.3, 0.4) is 0 Å². The molecule has 0 bridgehead atoms. The number of hydrogen-bond donors (Lipinski definition) is 1. The van der Waals surface area contributed by atoms with Gasteiger partial charge in [0.15, 0.2) is 5.54 Å². The third-order valence-corrected chi connectivity index (χ3v) is 5.50. The molecule has 0 radical (unpaired) electrons. The number of benzene rings is 1. The van der Waals surface area contributed by atoms with Crippen LogP contribution < -0.4 is 5.73 Å². The number of carbonyl (C=O) groups is 2. The lowest BCUT2D eigenvalue weighted by Gasteiger charge is -2.49. The van der Waals surface area contributed by atoms with Gasteiger partial charge in [0.1, 0.15) is 0 Å². The molecule has 1 aromatic carbocycles. The van der Waals surface area contributed by atoms with Gasteiger partial charge in [0, 0.05) is 6.54 Å². The average molecular weight is 371 g/mol. The normalized spacial score (nSPS) is 24.5. The van der Waals surface area contributed by atoms with Gasteiger partial charge in [-0.3, -0.25) is 9.59 Å². The van der Waals surface area contributed by atoms with Gasteiger partial charge in [-0.05, 0) is 36.5 Å². The predicted octanol–water partition coefficient (Wildman–Crippen LogP) is 2.80. The first-order valence-corrected chi connectivity index (χ1v) is 8.56. The zero-order valence-corrected chi connectivity index (χ0v) is 14.2. The van der Waals surface area contributed by atoms with E-state index in [1.54, 1.807) is 18.5 Å². The molecule has 2 aromatic rings. The summed E-state index contributed by atoms with van der Waals surface area (Å²) in [5.41, 5.74) is 4.32. The Morgan fingerprint density at radius 2 is 2.12 bits per heavy atom. The minimum Gasteiger partial charge on any atom is -0.361 e. The highest BCUT2D eigenvalue weighted by Crippen LogP contribution is 2.51. The number of nitrogens with zero attached hydrogens (tertiary/aromatic N) is 2. The van der Waals surface area contributed by atoms with E-state index in [4.69, 9.17) is 5.73 Å². The molecule has 1 saturated heterocycles. The molecule has 3 rings (SSSR count). The summed E-state index contributed by atoms with van der Waals surface area (Å²) in [5, 5.41) is 0. The van der Waals surface area contributed by atoms with E-state index in [1.165, 1.54) is 23.5 Å². The summed E-state index contributed by atoms with van der Waals surface area (Å²) in [7, 11) is 0. The van der Waals surface area contributed by atoms with Gasteiger partial charge >= 0.3 is 18.0 Å². The van der Waals surface area contributed by atoms with Crippen molar-refractivity contribution in [3.05, 3.63) is 29.3 Å². The molecule has 2 heterocycles. The summed E-state index contributed by atoms with van der Waals surface area (Å²) in [6, 6.07) is 4.25. The summed E-state index contributed by atoms with van der Waals surface area (Å²) in [5.74, 6) is -2.87. The van der Waals surface area contributed by atoms with Crippen LogP contribution in [0.2, 0.25) is 0 Å². The molecule has 2 amide bonds. The molecule has 2 atom stereocenters. The van der Waals surface area contributed by atoms with Crippen molar-refractivity contribution in [1.82, 2.24) is 9.88 Å². The van der Waals surface area contributed by atoms with Crippen molar-refractivity contribution in [3.8, 4) is 0 Å². The average Bonchev–Trinajstić information content (AvgIpc) is 3.00. The third kappa shape index (κ3) is 2.76. The van der Waals surface area contributed by atoms with Gasteiger partial charge in [0.25, 0.3) is 0 Å². The number of aromatic nitrogens is 1. The monoisotopic (exact) mass is 371 g/mol. The maximum absolute atomic E-state index is 14.2. The number of carbonyl (C=O) groups excluding carboxylic acids is 2. The Labute approximate surface area is 145 Å². The van der Waals surface area contributed by atoms with E-state index in [0.29, 0.717) is 10.4 Å². The van der Waals surface area contributed by atoms with Gasteiger partial charge in [-0.15, -0.1) is 11.3 Å². The van der Waals surface area contributed by atoms with Crippen molar-refractivity contribution in [2.75, 3.05) is 6.54 Å². The fourth-order valence-corrected chi connectivity index (χ4v) is 4.07. The molecule has 1 aromatic heterocycles. The van der Waals surface area contributed by atoms with E-state index in [1.807, 2.05) is 0 Å². The maximum Gasteiger partial charge on any atom is 0.415 e. The van der Waals surface area contributed by atoms with Gasteiger partial charge in [-0.2, -0.15) is 13.2 Å². The molecule has 1 fully saturated rings. The molecule has 9 heteroatoms. The molecule has 0 saturated carbocycles. The highest BCUT2D eigenvalue weighted by molar-refractivity contribution is 7.16. The highest BCUT2D eigenvalue weighted by atomic mass is 32.1. The zero-order valence-electron chi connectivity index (χ0n) is 13.3. The van der Waals surface area contributed by atoms with Crippen LogP contribution in [0, 0.1) is 5.92 Å². The smallest absolute Gasteiger partial charge is 0.361 e. The summed E-state index contributed by atoms with van der Waals surface area (Å²) in [6.07, 6.45) is -4.81. The van der Waals surface area contributed by atoms with Gasteiger partial charge in [0.2, 0.25) is 0 Å². The molecule has 25 heavy (non-hydrogen) atoms. The molecular formula is C16H16F3N3O2S. The van der Waals surface area contributed by atoms with Crippen molar-refractivity contribution < 1.29 is 22.8 Å². The lowest BCUT2D eigenvalue weighted by molar-refractivity contribution is -0.248. The second-order valence-corrected chi connectivity index (χ2v) is 7.20. The number of nitrogens with two attached hydrogens (primary N) is 1. The maximum atomic E-state index is 14.2. The molecule has 0 spiro atoms. The van der Waals surface area contributed by atoms with Crippen LogP contribution >= 0.6 is 11.3 Å². The molecule has 0 unspecified atom stereocenters. The number of hydrogen-bond acceptors (Lipinski definition) is 4. The van der Waals surface area contributed by atoms with Crippen LogP contribution in [-0.4, -0.2) is 34.4 Å². The van der Waals surface area contributed by atoms with Crippen molar-refractivity contribution in [3.63, 3.8) is 0 Å². The van der Waals surface area contributed by atoms with E-state index < -0.39 is 23.5 Å². The third-order valence-electron chi connectivity index (χ3n) is 4.69. The minimum absolute atomic E-state index is 0.0973. The summed E-state index contributed by atoms with van der Waals surface area (Å²) >= 11 is 1.31. The summed E-state index contributed by atoms with van der Waals surface area (Å²) in [6.45, 7) is 1.56. The Hall–Kier alpha value is -2.16. The van der Waals surface area contributed by atoms with E-state index in [2.05, 4.69) is 4.98 Å². The minimum atomic E-state index is -4.76. The first-order valence-electron chi connectivity index (χ1n) is 7.68. The van der Waals surface area contributed by atoms with E-state index in [0.717, 1.165) is 4.70 Å². The summed E-state index contributed by atoms with van der Waals surface area (Å²) in [4.78, 5) is 28.3. The standard InChI is InChI=1S/C16H16F3N3O2S/c1-9-4-5-15(16(17,18)19,22(7-9)14(24)13(20)23)10-2-3-12-11(6-10)21-8-25-12/h2-3,6,8-9H,4-5,7H2,1H3,(H2,20,23)/t9-,15+/m0/s1. The number of thiazole rings is 1. The lowest BCUT2D eigenvalue weighted by Crippen LogP contribution is -2.63. The number of likely N-dealkylation sites (tertiary alicyclic amines) is 1. The molecular weight excluding hydrogens is 355 g/mol. The van der Waals surface area contributed by atoms with Gasteiger partial charge in [-0.1, -0.05) is 13.0 Å². The lowest BCUT2D eigenvalue weighted by atomic mass is 9.76.